The maximum Gasteiger partial charge on any atom is 0.255 e. The van der Waals surface area contributed by atoms with Gasteiger partial charge in [-0.3, -0.25) is 9.59 Å². The topological polar surface area (TPSA) is 75.6 Å². The molecule has 2 aromatic rings. The number of benzene rings is 1. The first-order valence-electron chi connectivity index (χ1n) is 12.9. The van der Waals surface area contributed by atoms with Crippen molar-refractivity contribution >= 4 is 35.4 Å². The van der Waals surface area contributed by atoms with Crippen molar-refractivity contribution in [3.63, 3.8) is 0 Å². The number of pyridine rings is 1. The molecule has 0 radical (unpaired) electrons. The molecule has 3 fully saturated rings. The first kappa shape index (κ1) is 26.7. The lowest BCUT2D eigenvalue weighted by molar-refractivity contribution is 0.0939. The summed E-state index contributed by atoms with van der Waals surface area (Å²) in [5, 5.41) is 7.26. The molecule has 2 aliphatic heterocycles. The Balaban J connectivity index is 1.41. The molecular weight excluding hydrogens is 509 g/mol. The molecule has 5 unspecified atom stereocenters. The molecule has 0 spiro atoms. The van der Waals surface area contributed by atoms with E-state index >= 15 is 0 Å². The number of nitrogens with one attached hydrogen (secondary N) is 2. The Labute approximate surface area is 222 Å². The maximum atomic E-state index is 14.1. The number of alkyl halides is 1. The molecule has 1 saturated carbocycles. The monoisotopic (exact) mass is 546 g/mol. The first-order valence-corrected chi connectivity index (χ1v) is 14.2. The van der Waals surface area contributed by atoms with Crippen molar-refractivity contribution in [1.82, 2.24) is 14.8 Å². The molecule has 1 aliphatic carbocycles. The molecule has 10 heteroatoms. The molecule has 3 aliphatic rings. The highest BCUT2D eigenvalue weighted by Crippen LogP contribution is 2.51. The molecule has 37 heavy (non-hydrogen) atoms. The van der Waals surface area contributed by atoms with Gasteiger partial charge in [-0.2, -0.15) is 0 Å². The van der Waals surface area contributed by atoms with Crippen molar-refractivity contribution in [2.24, 2.45) is 17.8 Å². The van der Waals surface area contributed by atoms with Crippen LogP contribution in [0, 0.1) is 17.8 Å². The van der Waals surface area contributed by atoms with Gasteiger partial charge in [-0.05, 0) is 61.5 Å². The molecule has 2 N–H and O–H groups in total. The fraction of sp³-hybridized carbons (Fsp3) is 0.556. The Morgan fingerprint density at radius 3 is 2.65 bits per heavy atom. The average Bonchev–Trinajstić information content (AvgIpc) is 3.13. The number of rotatable bonds is 8. The van der Waals surface area contributed by atoms with Gasteiger partial charge in [0.15, 0.2) is 0 Å². The number of carbonyl (C=O) groups excluding carboxylic acids is 1. The van der Waals surface area contributed by atoms with Gasteiger partial charge in [0.2, 0.25) is 0 Å². The van der Waals surface area contributed by atoms with E-state index in [1.807, 2.05) is 19.9 Å². The third kappa shape index (κ3) is 5.23. The van der Waals surface area contributed by atoms with Gasteiger partial charge in [0.25, 0.3) is 11.5 Å². The van der Waals surface area contributed by atoms with Crippen LogP contribution in [0.25, 0.3) is 0 Å². The van der Waals surface area contributed by atoms with Crippen LogP contribution in [-0.4, -0.2) is 55.3 Å². The number of aromatic nitrogens is 1. The highest BCUT2D eigenvalue weighted by molar-refractivity contribution is 7.28. The second-order valence-corrected chi connectivity index (χ2v) is 12.3. The number of carbonyl (C=O) groups is 1. The Morgan fingerprint density at radius 1 is 1.30 bits per heavy atom. The second kappa shape index (κ2) is 10.4. The minimum absolute atomic E-state index is 0.148. The summed E-state index contributed by atoms with van der Waals surface area (Å²) in [4.78, 5) is 29.2. The zero-order valence-electron chi connectivity index (χ0n) is 21.7. The molecule has 2 saturated heterocycles. The Morgan fingerprint density at radius 2 is 2.00 bits per heavy atom. The van der Waals surface area contributed by atoms with Crippen LogP contribution in [0.1, 0.15) is 53.7 Å². The van der Waals surface area contributed by atoms with Gasteiger partial charge in [0.05, 0.1) is 29.4 Å². The van der Waals surface area contributed by atoms with Crippen LogP contribution in [0.15, 0.2) is 35.3 Å². The zero-order valence-corrected chi connectivity index (χ0v) is 24.0. The molecule has 200 valence electrons. The molecule has 7 nitrogen and oxygen atoms in total. The highest BCUT2D eigenvalue weighted by Gasteiger charge is 2.54. The van der Waals surface area contributed by atoms with E-state index in [1.165, 1.54) is 0 Å². The maximum absolute atomic E-state index is 14.1. The smallest absolute Gasteiger partial charge is 0.255 e. The number of fused-ring (bicyclic) bond motifs is 1. The van der Waals surface area contributed by atoms with Gasteiger partial charge in [-0.25, -0.2) is 4.39 Å². The van der Waals surface area contributed by atoms with Gasteiger partial charge in [-0.15, -0.1) is 9.24 Å². The van der Waals surface area contributed by atoms with Gasteiger partial charge >= 0.3 is 0 Å². The van der Waals surface area contributed by atoms with Crippen molar-refractivity contribution < 1.29 is 13.9 Å². The van der Waals surface area contributed by atoms with Crippen LogP contribution in [0.4, 0.5) is 10.1 Å². The Hall–Kier alpha value is -1.85. The van der Waals surface area contributed by atoms with E-state index in [1.54, 1.807) is 29.0 Å². The summed E-state index contributed by atoms with van der Waals surface area (Å²) in [7, 11) is 6.92. The fourth-order valence-corrected chi connectivity index (χ4v) is 7.18. The van der Waals surface area contributed by atoms with E-state index in [0.717, 1.165) is 30.5 Å². The molecular formula is C27H37FN4O3P2. The fourth-order valence-electron chi connectivity index (χ4n) is 6.09. The van der Waals surface area contributed by atoms with Crippen LogP contribution in [-0.2, 0) is 10.3 Å². The molecule has 1 aromatic heterocycles. The quantitative estimate of drug-likeness (QED) is 0.498. The number of anilines is 1. The van der Waals surface area contributed by atoms with Crippen LogP contribution < -0.4 is 21.5 Å². The number of piperidine rings is 1. The van der Waals surface area contributed by atoms with Gasteiger partial charge < -0.3 is 24.8 Å². The van der Waals surface area contributed by atoms with Gasteiger partial charge in [-0.1, -0.05) is 27.4 Å². The number of nitrogens with zero attached hydrogens (tertiary/aromatic N) is 2. The number of amides is 1. The van der Waals surface area contributed by atoms with Crippen LogP contribution in [0.3, 0.4) is 0 Å². The summed E-state index contributed by atoms with van der Waals surface area (Å²) in [5.74, 6) is 0.476. The summed E-state index contributed by atoms with van der Waals surface area (Å²) in [6.07, 6.45) is 2.39. The largest absolute Gasteiger partial charge is 0.384 e. The van der Waals surface area contributed by atoms with Crippen molar-refractivity contribution in [2.45, 2.75) is 37.8 Å². The highest BCUT2D eigenvalue weighted by atomic mass is 31.0. The third-order valence-corrected chi connectivity index (χ3v) is 9.47. The minimum Gasteiger partial charge on any atom is -0.384 e. The predicted molar refractivity (Wildman–Crippen MR) is 151 cm³/mol. The number of hydrogen-bond acceptors (Lipinski definition) is 5. The lowest BCUT2D eigenvalue weighted by Gasteiger charge is -2.27. The standard InChI is InChI=1S/C27H37FN4O3P2/c1-15(16-5-4-6-17(24(16)36)25(28)37)30-26(34)21-13-32(27(2)7-8-35-14-27)23(33)9-22(21)29-10-18-19-11-31(3)12-20(18)19/h4-6,9,13,15,18-20,25,29H,7-8,10-12,14,36-37H2,1-3H3,(H,30,34)/t15-,18?,19?,20?,25?,27+/m1/s1. The van der Waals surface area contributed by atoms with E-state index < -0.39 is 11.5 Å². The summed E-state index contributed by atoms with van der Waals surface area (Å²) < 4.78 is 21.3. The third-order valence-electron chi connectivity index (χ3n) is 8.44. The van der Waals surface area contributed by atoms with E-state index in [-0.39, 0.29) is 17.5 Å². The summed E-state index contributed by atoms with van der Waals surface area (Å²) in [6.45, 7) is 7.84. The average molecular weight is 547 g/mol. The molecule has 1 amide bonds. The summed E-state index contributed by atoms with van der Waals surface area (Å²) in [6, 6.07) is 6.63. The summed E-state index contributed by atoms with van der Waals surface area (Å²) >= 11 is 0. The van der Waals surface area contributed by atoms with Gasteiger partial charge in [0, 0.05) is 38.5 Å². The zero-order chi connectivity index (χ0) is 26.5. The van der Waals surface area contributed by atoms with E-state index in [2.05, 4.69) is 41.1 Å². The van der Waals surface area contributed by atoms with Crippen molar-refractivity contribution in [3.05, 3.63) is 57.5 Å². The first-order chi connectivity index (χ1) is 17.6. The summed E-state index contributed by atoms with van der Waals surface area (Å²) in [5.41, 5.74) is 1.73. The number of likely N-dealkylation sites (tertiary alicyclic amines) is 1. The number of ether oxygens (including phenoxy) is 1. The Bertz CT molecular complexity index is 1230. The van der Waals surface area contributed by atoms with E-state index in [9.17, 15) is 14.0 Å². The lowest BCUT2D eigenvalue weighted by atomic mass is 10.00. The second-order valence-electron chi connectivity index (χ2n) is 11.1. The van der Waals surface area contributed by atoms with Gasteiger partial charge in [0.1, 0.15) is 5.91 Å². The van der Waals surface area contributed by atoms with Crippen molar-refractivity contribution in [2.75, 3.05) is 45.2 Å². The minimum atomic E-state index is -1.19. The van der Waals surface area contributed by atoms with Crippen molar-refractivity contribution in [1.29, 1.82) is 0 Å². The Kier molecular flexibility index (Phi) is 7.50. The molecule has 3 heterocycles. The van der Waals surface area contributed by atoms with Crippen LogP contribution in [0.5, 0.6) is 0 Å². The van der Waals surface area contributed by atoms with E-state index in [0.29, 0.717) is 54.2 Å². The predicted octanol–water partition coefficient (Wildman–Crippen LogP) is 3.04. The van der Waals surface area contributed by atoms with Crippen LogP contribution in [0.2, 0.25) is 0 Å². The molecule has 7 atom stereocenters. The molecule has 0 bridgehead atoms. The SMILES string of the molecule is C[C@@H](NC(=O)c1cn([C@@]2(C)CCOC2)c(=O)cc1NCC1C2CN(C)CC12)c1cccc(C(F)P)c1P. The number of hydrogen-bond donors (Lipinski definition) is 2. The number of halogens is 1. The normalized spacial score (nSPS) is 28.5. The van der Waals surface area contributed by atoms with Crippen LogP contribution >= 0.6 is 18.5 Å². The molecule has 1 aromatic carbocycles. The van der Waals surface area contributed by atoms with E-state index in [4.69, 9.17) is 4.74 Å². The molecule has 5 rings (SSSR count). The lowest BCUT2D eigenvalue weighted by Crippen LogP contribution is -2.40. The van der Waals surface area contributed by atoms with Crippen molar-refractivity contribution in [3.8, 4) is 0 Å².